The molecular weight excluding hydrogens is 318 g/mol. The molecule has 25 heavy (non-hydrogen) atoms. The minimum absolute atomic E-state index is 0.0438. The van der Waals surface area contributed by atoms with Crippen molar-refractivity contribution in [3.63, 3.8) is 0 Å². The molecule has 0 aromatic heterocycles. The maximum absolute atomic E-state index is 12.5. The van der Waals surface area contributed by atoms with E-state index in [0.717, 1.165) is 25.7 Å². The Hall–Kier alpha value is -2.08. The first kappa shape index (κ1) is 16.4. The van der Waals surface area contributed by atoms with Crippen molar-refractivity contribution in [2.75, 3.05) is 5.32 Å². The standard InChI is InChI=1S/C19H25N3O3/c20-13-8-11-4-3-5-12(9-13)18(11)22-17(23)10-16-19(24)21-14-6-1-2-7-15(14)25-16/h1-2,6-7,11-13,16,18H,3-5,8-10,20H2,(H,21,24)(H,22,23). The minimum Gasteiger partial charge on any atom is -0.478 e. The summed E-state index contributed by atoms with van der Waals surface area (Å²) in [5.74, 6) is 1.17. The first-order valence-corrected chi connectivity index (χ1v) is 9.21. The van der Waals surface area contributed by atoms with E-state index in [1.807, 2.05) is 12.1 Å². The Balaban J connectivity index is 1.39. The van der Waals surface area contributed by atoms with Gasteiger partial charge in [0.15, 0.2) is 6.10 Å². The van der Waals surface area contributed by atoms with Gasteiger partial charge in [0.1, 0.15) is 5.75 Å². The molecule has 4 rings (SSSR count). The monoisotopic (exact) mass is 343 g/mol. The number of anilines is 1. The summed E-state index contributed by atoms with van der Waals surface area (Å²) in [6.07, 6.45) is 4.71. The molecule has 1 aliphatic heterocycles. The molecular formula is C19H25N3O3. The Bertz CT molecular complexity index is 664. The van der Waals surface area contributed by atoms with E-state index in [0.29, 0.717) is 23.3 Å². The van der Waals surface area contributed by atoms with Crippen LogP contribution in [0, 0.1) is 11.8 Å². The van der Waals surface area contributed by atoms with Crippen molar-refractivity contribution in [1.82, 2.24) is 5.32 Å². The van der Waals surface area contributed by atoms with Crippen molar-refractivity contribution >= 4 is 17.5 Å². The van der Waals surface area contributed by atoms with Gasteiger partial charge in [0.2, 0.25) is 5.91 Å². The Labute approximate surface area is 147 Å². The van der Waals surface area contributed by atoms with Gasteiger partial charge in [-0.25, -0.2) is 0 Å². The molecule has 1 aromatic carbocycles. The number of carbonyl (C=O) groups is 2. The molecule has 1 heterocycles. The van der Waals surface area contributed by atoms with Crippen LogP contribution in [0.1, 0.15) is 38.5 Å². The normalized spacial score (nSPS) is 33.6. The Morgan fingerprint density at radius 1 is 1.24 bits per heavy atom. The van der Waals surface area contributed by atoms with Crippen LogP contribution in [-0.2, 0) is 9.59 Å². The van der Waals surface area contributed by atoms with Gasteiger partial charge < -0.3 is 21.1 Å². The van der Waals surface area contributed by atoms with E-state index in [1.165, 1.54) is 6.42 Å². The molecule has 2 aliphatic carbocycles. The lowest BCUT2D eigenvalue weighted by molar-refractivity contribution is -0.131. The molecule has 3 unspecified atom stereocenters. The van der Waals surface area contributed by atoms with E-state index in [4.69, 9.17) is 10.5 Å². The predicted molar refractivity (Wildman–Crippen MR) is 94.1 cm³/mol. The van der Waals surface area contributed by atoms with Crippen LogP contribution in [-0.4, -0.2) is 30.0 Å². The Morgan fingerprint density at radius 3 is 2.72 bits per heavy atom. The van der Waals surface area contributed by atoms with Crippen molar-refractivity contribution in [2.45, 2.75) is 56.7 Å². The highest BCUT2D eigenvalue weighted by molar-refractivity contribution is 5.99. The van der Waals surface area contributed by atoms with Gasteiger partial charge in [-0.1, -0.05) is 18.6 Å². The van der Waals surface area contributed by atoms with Gasteiger partial charge in [-0.3, -0.25) is 9.59 Å². The van der Waals surface area contributed by atoms with E-state index in [-0.39, 0.29) is 30.3 Å². The largest absolute Gasteiger partial charge is 0.478 e. The van der Waals surface area contributed by atoms with Crippen LogP contribution < -0.4 is 21.1 Å². The molecule has 134 valence electrons. The van der Waals surface area contributed by atoms with Gasteiger partial charge in [0.25, 0.3) is 5.91 Å². The highest BCUT2D eigenvalue weighted by Gasteiger charge is 2.40. The zero-order valence-corrected chi connectivity index (χ0v) is 14.2. The third-order valence-electron chi connectivity index (χ3n) is 5.78. The number of nitrogens with two attached hydrogens (primary N) is 1. The first-order chi connectivity index (χ1) is 12.1. The number of hydrogen-bond acceptors (Lipinski definition) is 4. The summed E-state index contributed by atoms with van der Waals surface area (Å²) in [6, 6.07) is 7.72. The number of para-hydroxylation sites is 2. The number of ether oxygens (including phenoxy) is 1. The number of carbonyl (C=O) groups excluding carboxylic acids is 2. The molecule has 2 amide bonds. The smallest absolute Gasteiger partial charge is 0.266 e. The molecule has 1 aromatic rings. The van der Waals surface area contributed by atoms with Crippen molar-refractivity contribution in [3.05, 3.63) is 24.3 Å². The molecule has 0 radical (unpaired) electrons. The Morgan fingerprint density at radius 2 is 1.96 bits per heavy atom. The lowest BCUT2D eigenvalue weighted by Crippen LogP contribution is -2.54. The van der Waals surface area contributed by atoms with Crippen molar-refractivity contribution in [3.8, 4) is 5.75 Å². The molecule has 2 saturated carbocycles. The highest BCUT2D eigenvalue weighted by atomic mass is 16.5. The fourth-order valence-corrected chi connectivity index (χ4v) is 4.67. The maximum Gasteiger partial charge on any atom is 0.266 e. The Kier molecular flexibility index (Phi) is 4.37. The van der Waals surface area contributed by atoms with Crippen LogP contribution in [0.2, 0.25) is 0 Å². The van der Waals surface area contributed by atoms with Crippen LogP contribution in [0.15, 0.2) is 24.3 Å². The lowest BCUT2D eigenvalue weighted by Gasteiger charge is -2.45. The van der Waals surface area contributed by atoms with Crippen LogP contribution in [0.4, 0.5) is 5.69 Å². The molecule has 4 N–H and O–H groups in total. The maximum atomic E-state index is 12.5. The molecule has 3 atom stereocenters. The highest BCUT2D eigenvalue weighted by Crippen LogP contribution is 2.39. The second-order valence-electron chi connectivity index (χ2n) is 7.57. The van der Waals surface area contributed by atoms with E-state index in [1.54, 1.807) is 12.1 Å². The third kappa shape index (κ3) is 3.35. The van der Waals surface area contributed by atoms with Crippen LogP contribution >= 0.6 is 0 Å². The first-order valence-electron chi connectivity index (χ1n) is 9.21. The number of benzene rings is 1. The van der Waals surface area contributed by atoms with Crippen LogP contribution in [0.25, 0.3) is 0 Å². The number of hydrogen-bond donors (Lipinski definition) is 3. The topological polar surface area (TPSA) is 93.4 Å². The summed E-state index contributed by atoms with van der Waals surface area (Å²) in [4.78, 5) is 24.7. The zero-order chi connectivity index (χ0) is 17.4. The third-order valence-corrected chi connectivity index (χ3v) is 5.78. The summed E-state index contributed by atoms with van der Waals surface area (Å²) < 4.78 is 5.72. The van der Waals surface area contributed by atoms with Gasteiger partial charge in [-0.2, -0.15) is 0 Å². The molecule has 6 nitrogen and oxygen atoms in total. The lowest BCUT2D eigenvalue weighted by atomic mass is 9.67. The zero-order valence-electron chi connectivity index (χ0n) is 14.2. The van der Waals surface area contributed by atoms with Gasteiger partial charge in [0.05, 0.1) is 12.1 Å². The number of fused-ring (bicyclic) bond motifs is 3. The van der Waals surface area contributed by atoms with E-state index < -0.39 is 6.10 Å². The van der Waals surface area contributed by atoms with Crippen LogP contribution in [0.3, 0.4) is 0 Å². The molecule has 3 aliphatic rings. The van der Waals surface area contributed by atoms with Crippen molar-refractivity contribution < 1.29 is 14.3 Å². The second-order valence-corrected chi connectivity index (χ2v) is 7.57. The molecule has 0 saturated heterocycles. The summed E-state index contributed by atoms with van der Waals surface area (Å²) >= 11 is 0. The fraction of sp³-hybridized carbons (Fsp3) is 0.579. The molecule has 0 spiro atoms. The predicted octanol–water partition coefficient (Wildman–Crippen LogP) is 1.80. The number of rotatable bonds is 3. The van der Waals surface area contributed by atoms with Crippen molar-refractivity contribution in [2.24, 2.45) is 17.6 Å². The van der Waals surface area contributed by atoms with Gasteiger partial charge in [-0.05, 0) is 49.7 Å². The average molecular weight is 343 g/mol. The molecule has 6 heteroatoms. The van der Waals surface area contributed by atoms with Gasteiger partial charge >= 0.3 is 0 Å². The number of amides is 2. The quantitative estimate of drug-likeness (QED) is 0.780. The second kappa shape index (κ2) is 6.67. The minimum atomic E-state index is -0.777. The van der Waals surface area contributed by atoms with E-state index >= 15 is 0 Å². The molecule has 2 bridgehead atoms. The summed E-state index contributed by atoms with van der Waals surface area (Å²) in [7, 11) is 0. The van der Waals surface area contributed by atoms with Gasteiger partial charge in [0, 0.05) is 12.1 Å². The van der Waals surface area contributed by atoms with Crippen LogP contribution in [0.5, 0.6) is 5.75 Å². The average Bonchev–Trinajstić information content (AvgIpc) is 2.56. The van der Waals surface area contributed by atoms with Crippen molar-refractivity contribution in [1.29, 1.82) is 0 Å². The van der Waals surface area contributed by atoms with E-state index in [2.05, 4.69) is 10.6 Å². The SMILES string of the molecule is NC1CC2CCCC(C1)C2NC(=O)CC1Oc2ccccc2NC1=O. The molecule has 2 fully saturated rings. The number of nitrogens with one attached hydrogen (secondary N) is 2. The van der Waals surface area contributed by atoms with Gasteiger partial charge in [-0.15, -0.1) is 0 Å². The summed E-state index contributed by atoms with van der Waals surface area (Å²) in [5.41, 5.74) is 6.80. The van der Waals surface area contributed by atoms with E-state index in [9.17, 15) is 9.59 Å². The fourth-order valence-electron chi connectivity index (χ4n) is 4.67. The summed E-state index contributed by atoms with van der Waals surface area (Å²) in [5, 5.41) is 5.98. The summed E-state index contributed by atoms with van der Waals surface area (Å²) in [6.45, 7) is 0.